The van der Waals surface area contributed by atoms with Crippen LogP contribution >= 0.6 is 11.8 Å². The first kappa shape index (κ1) is 20.0. The van der Waals surface area contributed by atoms with Crippen LogP contribution in [0.1, 0.15) is 38.9 Å². The van der Waals surface area contributed by atoms with Crippen LogP contribution < -0.4 is 5.84 Å². The van der Waals surface area contributed by atoms with Gasteiger partial charge in [-0.3, -0.25) is 9.36 Å². The van der Waals surface area contributed by atoms with Gasteiger partial charge in [0, 0.05) is 28.7 Å². The smallest absolute Gasteiger partial charge is 0.271 e. The van der Waals surface area contributed by atoms with Gasteiger partial charge in [0.05, 0.1) is 11.4 Å². The molecule has 0 bridgehead atoms. The monoisotopic (exact) mass is 426 g/mol. The van der Waals surface area contributed by atoms with E-state index in [-0.39, 0.29) is 11.5 Å². The topological polar surface area (TPSA) is 123 Å². The van der Waals surface area contributed by atoms with Gasteiger partial charge in [-0.15, -0.1) is 10.2 Å². The Kier molecular flexibility index (Phi) is 4.98. The Morgan fingerprint density at radius 1 is 1.10 bits per heavy atom. The Morgan fingerprint density at radius 3 is 2.50 bits per heavy atom. The van der Waals surface area contributed by atoms with Gasteiger partial charge in [0.2, 0.25) is 5.16 Å². The second kappa shape index (κ2) is 7.48. The molecular weight excluding hydrogens is 404 g/mol. The van der Waals surface area contributed by atoms with Crippen LogP contribution in [-0.4, -0.2) is 45.9 Å². The molecule has 0 aliphatic carbocycles. The van der Waals surface area contributed by atoms with E-state index in [9.17, 15) is 4.79 Å². The highest BCUT2D eigenvalue weighted by Gasteiger charge is 2.20. The Hall–Kier alpha value is -3.34. The minimum atomic E-state index is -0.0322. The molecule has 0 fully saturated rings. The van der Waals surface area contributed by atoms with Crippen molar-refractivity contribution in [3.05, 3.63) is 52.3 Å². The van der Waals surface area contributed by atoms with Crippen molar-refractivity contribution < 1.29 is 9.32 Å². The molecule has 156 valence electrons. The van der Waals surface area contributed by atoms with Crippen LogP contribution in [0.2, 0.25) is 0 Å². The number of carbonyl (C=O) groups excluding carboxylic acids is 1. The third-order valence-corrected chi connectivity index (χ3v) is 5.70. The Labute approximate surface area is 177 Å². The van der Waals surface area contributed by atoms with Gasteiger partial charge in [-0.05, 0) is 46.8 Å². The molecule has 0 saturated carbocycles. The summed E-state index contributed by atoms with van der Waals surface area (Å²) in [5.41, 5.74) is 4.10. The molecule has 11 heteroatoms. The highest BCUT2D eigenvalue weighted by atomic mass is 32.2. The summed E-state index contributed by atoms with van der Waals surface area (Å²) >= 11 is 1.23. The van der Waals surface area contributed by atoms with Gasteiger partial charge in [0.1, 0.15) is 5.76 Å². The van der Waals surface area contributed by atoms with Crippen LogP contribution in [-0.2, 0) is 0 Å². The molecule has 0 saturated heterocycles. The molecule has 4 aromatic heterocycles. The zero-order valence-electron chi connectivity index (χ0n) is 17.4. The molecule has 4 rings (SSSR count). The maximum absolute atomic E-state index is 12.9. The van der Waals surface area contributed by atoms with Crippen molar-refractivity contribution in [2.24, 2.45) is 0 Å². The molecule has 0 aliphatic heterocycles. The lowest BCUT2D eigenvalue weighted by molar-refractivity contribution is 0.102. The summed E-state index contributed by atoms with van der Waals surface area (Å²) in [6, 6.07) is 5.62. The zero-order valence-corrected chi connectivity index (χ0v) is 18.2. The maximum atomic E-state index is 12.9. The molecule has 10 nitrogen and oxygen atoms in total. The number of ketones is 1. The van der Waals surface area contributed by atoms with E-state index in [1.54, 1.807) is 4.68 Å². The van der Waals surface area contributed by atoms with Crippen LogP contribution in [0.5, 0.6) is 0 Å². The molecule has 0 atom stereocenters. The number of nitrogen functional groups attached to an aromatic ring is 1. The average Bonchev–Trinajstić information content (AvgIpc) is 3.42. The highest BCUT2D eigenvalue weighted by Crippen LogP contribution is 2.24. The van der Waals surface area contributed by atoms with Gasteiger partial charge < -0.3 is 10.4 Å². The third-order valence-electron chi connectivity index (χ3n) is 4.75. The number of nitrogens with zero attached hydrogens (tertiary/aromatic N) is 7. The summed E-state index contributed by atoms with van der Waals surface area (Å²) in [7, 11) is 0. The molecule has 0 aromatic carbocycles. The van der Waals surface area contributed by atoms with Crippen molar-refractivity contribution >= 4 is 17.5 Å². The van der Waals surface area contributed by atoms with Crippen LogP contribution in [0.25, 0.3) is 11.8 Å². The van der Waals surface area contributed by atoms with E-state index < -0.39 is 0 Å². The summed E-state index contributed by atoms with van der Waals surface area (Å²) in [6.07, 6.45) is 0. The second-order valence-corrected chi connectivity index (χ2v) is 8.06. The van der Waals surface area contributed by atoms with E-state index in [2.05, 4.69) is 20.5 Å². The normalized spacial score (nSPS) is 11.4. The number of rotatable bonds is 6. The summed E-state index contributed by atoms with van der Waals surface area (Å²) < 4.78 is 10.0. The number of carbonyl (C=O) groups is 1. The summed E-state index contributed by atoms with van der Waals surface area (Å²) in [4.78, 5) is 12.9. The van der Waals surface area contributed by atoms with Crippen LogP contribution in [0.3, 0.4) is 0 Å². The van der Waals surface area contributed by atoms with Crippen molar-refractivity contribution in [3.63, 3.8) is 0 Å². The summed E-state index contributed by atoms with van der Waals surface area (Å²) in [5, 5.41) is 17.1. The SMILES string of the molecule is Cc1cc(C)n(-c2nnc(SCC(=O)c3cc(C)n(-c4cc(C)on4)c3C)n2N)n1. The lowest BCUT2D eigenvalue weighted by Crippen LogP contribution is -2.17. The lowest BCUT2D eigenvalue weighted by atomic mass is 10.2. The van der Waals surface area contributed by atoms with E-state index in [0.717, 1.165) is 22.8 Å². The molecule has 30 heavy (non-hydrogen) atoms. The molecule has 4 heterocycles. The van der Waals surface area contributed by atoms with Crippen molar-refractivity contribution in [3.8, 4) is 11.8 Å². The van der Waals surface area contributed by atoms with Gasteiger partial charge in [0.25, 0.3) is 5.95 Å². The van der Waals surface area contributed by atoms with Crippen molar-refractivity contribution in [1.29, 1.82) is 0 Å². The highest BCUT2D eigenvalue weighted by molar-refractivity contribution is 7.99. The molecule has 0 radical (unpaired) electrons. The first-order chi connectivity index (χ1) is 14.3. The Morgan fingerprint density at radius 2 is 1.87 bits per heavy atom. The number of aryl methyl sites for hydroxylation is 4. The van der Waals surface area contributed by atoms with Crippen molar-refractivity contribution in [2.75, 3.05) is 11.6 Å². The molecule has 0 unspecified atom stereocenters. The van der Waals surface area contributed by atoms with Crippen LogP contribution in [0, 0.1) is 34.6 Å². The van der Waals surface area contributed by atoms with Gasteiger partial charge in [-0.1, -0.05) is 16.9 Å². The first-order valence-corrected chi connectivity index (χ1v) is 10.3. The van der Waals surface area contributed by atoms with Gasteiger partial charge in [-0.25, -0.2) is 9.36 Å². The fraction of sp³-hybridized carbons (Fsp3) is 0.316. The quantitative estimate of drug-likeness (QED) is 0.283. The van der Waals surface area contributed by atoms with Gasteiger partial charge >= 0.3 is 0 Å². The van der Waals surface area contributed by atoms with Crippen molar-refractivity contribution in [1.82, 2.24) is 34.4 Å². The fourth-order valence-corrected chi connectivity index (χ4v) is 4.14. The number of hydrogen-bond donors (Lipinski definition) is 1. The lowest BCUT2D eigenvalue weighted by Gasteiger charge is -2.06. The predicted molar refractivity (Wildman–Crippen MR) is 112 cm³/mol. The van der Waals surface area contributed by atoms with Crippen molar-refractivity contribution in [2.45, 2.75) is 39.8 Å². The van der Waals surface area contributed by atoms with E-state index in [0.29, 0.717) is 28.2 Å². The molecule has 0 aliphatic rings. The van der Waals surface area contributed by atoms with E-state index >= 15 is 0 Å². The third kappa shape index (κ3) is 3.41. The van der Waals surface area contributed by atoms with Crippen LogP contribution in [0.4, 0.5) is 0 Å². The number of thioether (sulfide) groups is 1. The number of nitrogens with two attached hydrogens (primary N) is 1. The minimum Gasteiger partial charge on any atom is -0.360 e. The Balaban J connectivity index is 1.53. The maximum Gasteiger partial charge on any atom is 0.271 e. The van der Waals surface area contributed by atoms with Gasteiger partial charge in [0.15, 0.2) is 11.6 Å². The summed E-state index contributed by atoms with van der Waals surface area (Å²) in [5.74, 6) is 8.06. The van der Waals surface area contributed by atoms with E-state index in [1.165, 1.54) is 16.4 Å². The molecule has 0 amide bonds. The standard InChI is InChI=1S/C19H22N8O2S/c1-10-6-12(3)27(23-10)18-21-22-19(26(18)20)30-9-16(28)15-7-11(2)25(14(15)5)17-8-13(4)29-24-17/h6-8H,9,20H2,1-5H3. The van der Waals surface area contributed by atoms with E-state index in [4.69, 9.17) is 10.4 Å². The summed E-state index contributed by atoms with van der Waals surface area (Å²) in [6.45, 7) is 9.46. The molecule has 2 N–H and O–H groups in total. The van der Waals surface area contributed by atoms with Gasteiger partial charge in [-0.2, -0.15) is 5.10 Å². The predicted octanol–water partition coefficient (Wildman–Crippen LogP) is 2.47. The van der Waals surface area contributed by atoms with Crippen LogP contribution in [0.15, 0.2) is 27.9 Å². The molecule has 4 aromatic rings. The largest absolute Gasteiger partial charge is 0.360 e. The Bertz CT molecular complexity index is 1250. The fourth-order valence-electron chi connectivity index (χ4n) is 3.41. The number of aromatic nitrogens is 7. The number of hydrogen-bond acceptors (Lipinski definition) is 8. The first-order valence-electron chi connectivity index (χ1n) is 9.29. The molecule has 0 spiro atoms. The minimum absolute atomic E-state index is 0.0322. The zero-order chi connectivity index (χ0) is 21.6. The average molecular weight is 427 g/mol. The number of Topliss-reactive ketones (excluding diaryl/α,β-unsaturated/α-hetero) is 1. The molecular formula is C19H22N8O2S. The second-order valence-electron chi connectivity index (χ2n) is 7.12. The van der Waals surface area contributed by atoms with E-state index in [1.807, 2.05) is 57.4 Å².